The predicted molar refractivity (Wildman–Crippen MR) is 210 cm³/mol. The molecule has 0 radical (unpaired) electrons. The Bertz CT molecular complexity index is 1290. The number of carbonyl (C=O) groups is 5. The van der Waals surface area contributed by atoms with Crippen LogP contribution in [-0.2, 0) is 58.9 Å². The number of nitrogens with zero attached hydrogens (tertiary/aromatic N) is 3. The molecule has 1 aliphatic heterocycles. The third-order valence-electron chi connectivity index (χ3n) is 7.49. The van der Waals surface area contributed by atoms with E-state index in [1.807, 2.05) is 29.2 Å². The largest absolute Gasteiger partial charge is 0.459 e. The van der Waals surface area contributed by atoms with Crippen LogP contribution >= 0.6 is 0 Å². The minimum atomic E-state index is -0.734. The first-order valence-corrected chi connectivity index (χ1v) is 19.4. The van der Waals surface area contributed by atoms with Crippen molar-refractivity contribution in [3.8, 4) is 0 Å². The van der Waals surface area contributed by atoms with Gasteiger partial charge in [0.2, 0.25) is 5.91 Å². The molecule has 0 unspecified atom stereocenters. The van der Waals surface area contributed by atoms with Gasteiger partial charge in [-0.05, 0) is 95.1 Å². The zero-order valence-corrected chi connectivity index (χ0v) is 35.9. The van der Waals surface area contributed by atoms with Crippen LogP contribution < -0.4 is 5.32 Å². The molecule has 0 aliphatic carbocycles. The molecular formula is C41H68N4O11. The molecule has 56 heavy (non-hydrogen) atoms. The third kappa shape index (κ3) is 22.8. The maximum Gasteiger partial charge on any atom is 0.320 e. The number of rotatable bonds is 19. The summed E-state index contributed by atoms with van der Waals surface area (Å²) in [5.41, 5.74) is -1.16. The standard InChI is InChI=1S/C41H68N4O11/c1-38(2,3)53-33(47)26-44(27-34(48)54-39(4,5)6)20-18-43(19-21-45(28-35(49)55-40(7,8)9)29-36(50)56-41(10,11)12)25-32(46)42-24-30-14-16-31(17-15-30)37-51-22-13-23-52-37/h14-17,37H,13,18-29H2,1-12H3,(H,42,46). The molecule has 1 aromatic rings. The van der Waals surface area contributed by atoms with E-state index in [1.165, 1.54) is 0 Å². The van der Waals surface area contributed by atoms with Crippen molar-refractivity contribution in [1.82, 2.24) is 20.0 Å². The Hall–Kier alpha value is -3.63. The van der Waals surface area contributed by atoms with E-state index in [0.29, 0.717) is 13.2 Å². The van der Waals surface area contributed by atoms with Crippen LogP contribution in [0, 0.1) is 0 Å². The van der Waals surface area contributed by atoms with Crippen molar-refractivity contribution in [2.45, 2.75) is 125 Å². The molecule has 2 rings (SSSR count). The Labute approximate surface area is 334 Å². The van der Waals surface area contributed by atoms with E-state index in [1.54, 1.807) is 92.9 Å². The smallest absolute Gasteiger partial charge is 0.320 e. The molecule has 1 fully saturated rings. The minimum Gasteiger partial charge on any atom is -0.459 e. The van der Waals surface area contributed by atoms with Crippen molar-refractivity contribution >= 4 is 29.8 Å². The van der Waals surface area contributed by atoms with Gasteiger partial charge in [-0.3, -0.25) is 38.7 Å². The second-order valence-electron chi connectivity index (χ2n) is 18.0. The fraction of sp³-hybridized carbons (Fsp3) is 0.732. The van der Waals surface area contributed by atoms with E-state index in [-0.39, 0.29) is 71.4 Å². The van der Waals surface area contributed by atoms with Crippen molar-refractivity contribution < 1.29 is 52.4 Å². The summed E-state index contributed by atoms with van der Waals surface area (Å²) in [6, 6.07) is 7.64. The van der Waals surface area contributed by atoms with Crippen molar-refractivity contribution in [3.05, 3.63) is 35.4 Å². The lowest BCUT2D eigenvalue weighted by atomic mass is 10.1. The van der Waals surface area contributed by atoms with Crippen molar-refractivity contribution in [2.75, 3.05) is 72.1 Å². The van der Waals surface area contributed by atoms with Gasteiger partial charge < -0.3 is 33.7 Å². The minimum absolute atomic E-state index is 0.0543. The molecule has 1 saturated heterocycles. The average molecular weight is 793 g/mol. The monoisotopic (exact) mass is 792 g/mol. The van der Waals surface area contributed by atoms with E-state index in [4.69, 9.17) is 28.4 Å². The van der Waals surface area contributed by atoms with Gasteiger partial charge in [-0.1, -0.05) is 24.3 Å². The maximum atomic E-state index is 13.5. The molecule has 15 heteroatoms. The Morgan fingerprint density at radius 2 is 0.893 bits per heavy atom. The van der Waals surface area contributed by atoms with Crippen LogP contribution in [0.15, 0.2) is 24.3 Å². The quantitative estimate of drug-likeness (QED) is 0.158. The van der Waals surface area contributed by atoms with Gasteiger partial charge in [-0.15, -0.1) is 0 Å². The second-order valence-corrected chi connectivity index (χ2v) is 18.0. The molecule has 15 nitrogen and oxygen atoms in total. The van der Waals surface area contributed by atoms with E-state index in [0.717, 1.165) is 17.5 Å². The van der Waals surface area contributed by atoms with E-state index in [2.05, 4.69) is 5.32 Å². The van der Waals surface area contributed by atoms with Crippen LogP contribution in [0.5, 0.6) is 0 Å². The summed E-state index contributed by atoms with van der Waals surface area (Å²) in [6.07, 6.45) is 0.450. The zero-order valence-electron chi connectivity index (χ0n) is 35.9. The lowest BCUT2D eigenvalue weighted by Crippen LogP contribution is -2.48. The van der Waals surface area contributed by atoms with Gasteiger partial charge >= 0.3 is 23.9 Å². The summed E-state index contributed by atoms with van der Waals surface area (Å²) < 4.78 is 33.5. The fourth-order valence-electron chi connectivity index (χ4n) is 5.42. The highest BCUT2D eigenvalue weighted by Crippen LogP contribution is 2.23. The van der Waals surface area contributed by atoms with Gasteiger partial charge in [0, 0.05) is 38.3 Å². The topological polar surface area (TPSA) is 162 Å². The molecule has 0 saturated carbocycles. The van der Waals surface area contributed by atoms with Crippen LogP contribution in [0.3, 0.4) is 0 Å². The molecule has 1 heterocycles. The predicted octanol–water partition coefficient (Wildman–Crippen LogP) is 4.01. The zero-order chi connectivity index (χ0) is 42.3. The van der Waals surface area contributed by atoms with Crippen molar-refractivity contribution in [3.63, 3.8) is 0 Å². The van der Waals surface area contributed by atoms with Crippen LogP contribution in [0.2, 0.25) is 0 Å². The lowest BCUT2D eigenvalue weighted by molar-refractivity contribution is -0.183. The molecule has 318 valence electrons. The number of esters is 4. The molecule has 1 aliphatic rings. The number of nitrogens with one attached hydrogen (secondary N) is 1. The Morgan fingerprint density at radius 1 is 0.554 bits per heavy atom. The van der Waals surface area contributed by atoms with Crippen LogP contribution in [0.1, 0.15) is 107 Å². The summed E-state index contributed by atoms with van der Waals surface area (Å²) in [5.74, 6) is -2.33. The maximum absolute atomic E-state index is 13.5. The number of ether oxygens (including phenoxy) is 6. The molecule has 1 N–H and O–H groups in total. The summed E-state index contributed by atoms with van der Waals surface area (Å²) in [6.45, 7) is 22.7. The molecule has 0 atom stereocenters. The molecule has 1 aromatic carbocycles. The highest BCUT2D eigenvalue weighted by molar-refractivity contribution is 5.78. The first kappa shape index (κ1) is 48.5. The highest BCUT2D eigenvalue weighted by atomic mass is 16.7. The summed E-state index contributed by atoms with van der Waals surface area (Å²) in [4.78, 5) is 70.1. The van der Waals surface area contributed by atoms with Gasteiger partial charge in [0.05, 0.1) is 45.9 Å². The van der Waals surface area contributed by atoms with Crippen molar-refractivity contribution in [2.24, 2.45) is 0 Å². The molecule has 0 aromatic heterocycles. The highest BCUT2D eigenvalue weighted by Gasteiger charge is 2.27. The Kier molecular flexibility index (Phi) is 18.9. The lowest BCUT2D eigenvalue weighted by Gasteiger charge is -2.30. The number of hydrogen-bond donors (Lipinski definition) is 1. The van der Waals surface area contributed by atoms with Crippen molar-refractivity contribution in [1.29, 1.82) is 0 Å². The average Bonchev–Trinajstić information content (AvgIpc) is 3.01. The number of amides is 1. The SMILES string of the molecule is CC(C)(C)OC(=O)CN(CCN(CCN(CC(=O)OC(C)(C)C)CC(=O)OC(C)(C)C)CC(=O)NCc1ccc(C2OCCCO2)cc1)CC(=O)OC(C)(C)C. The Balaban J connectivity index is 2.27. The molecule has 1 amide bonds. The van der Waals surface area contributed by atoms with Gasteiger partial charge in [0.1, 0.15) is 22.4 Å². The van der Waals surface area contributed by atoms with Crippen LogP contribution in [0.25, 0.3) is 0 Å². The third-order valence-corrected chi connectivity index (χ3v) is 7.49. The normalized spacial score (nSPS) is 14.5. The number of hydrogen-bond acceptors (Lipinski definition) is 14. The fourth-order valence-corrected chi connectivity index (χ4v) is 5.42. The van der Waals surface area contributed by atoms with Gasteiger partial charge in [0.15, 0.2) is 6.29 Å². The number of carbonyl (C=O) groups excluding carboxylic acids is 5. The molecule has 0 bridgehead atoms. The molecular weight excluding hydrogens is 724 g/mol. The van der Waals surface area contributed by atoms with E-state index >= 15 is 0 Å². The second kappa shape index (κ2) is 21.8. The summed E-state index contributed by atoms with van der Waals surface area (Å²) in [5, 5.41) is 2.97. The van der Waals surface area contributed by atoms with E-state index < -0.39 is 52.6 Å². The van der Waals surface area contributed by atoms with E-state index in [9.17, 15) is 24.0 Å². The van der Waals surface area contributed by atoms with Gasteiger partial charge in [-0.25, -0.2) is 0 Å². The van der Waals surface area contributed by atoms with Crippen LogP contribution in [-0.4, -0.2) is 139 Å². The summed E-state index contributed by atoms with van der Waals surface area (Å²) >= 11 is 0. The first-order chi connectivity index (χ1) is 25.7. The molecule has 0 spiro atoms. The van der Waals surface area contributed by atoms with Crippen LogP contribution in [0.4, 0.5) is 0 Å². The first-order valence-electron chi connectivity index (χ1n) is 19.4. The summed E-state index contributed by atoms with van der Waals surface area (Å²) in [7, 11) is 0. The number of benzene rings is 1. The Morgan fingerprint density at radius 3 is 1.23 bits per heavy atom. The van der Waals surface area contributed by atoms with Gasteiger partial charge in [-0.2, -0.15) is 0 Å². The van der Waals surface area contributed by atoms with Gasteiger partial charge in [0.25, 0.3) is 0 Å².